The van der Waals surface area contributed by atoms with E-state index in [1.54, 1.807) is 0 Å². The molecule has 0 aliphatic carbocycles. The minimum Gasteiger partial charge on any atom is -0.462 e. The van der Waals surface area contributed by atoms with E-state index >= 15 is 0 Å². The van der Waals surface area contributed by atoms with Crippen LogP contribution in [-0.4, -0.2) is 46.9 Å². The number of hydrogen-bond donors (Lipinski definition) is 3. The molecule has 6 heteroatoms. The lowest BCUT2D eigenvalue weighted by molar-refractivity contribution is -0.151. The zero-order valence-electron chi connectivity index (χ0n) is 40.0. The first-order valence-corrected chi connectivity index (χ1v) is 25.2. The lowest BCUT2D eigenvalue weighted by Crippen LogP contribution is -2.46. The van der Waals surface area contributed by atoms with Crippen molar-refractivity contribution >= 4 is 11.9 Å². The largest absolute Gasteiger partial charge is 0.462 e. The molecule has 0 fully saturated rings. The van der Waals surface area contributed by atoms with E-state index in [-0.39, 0.29) is 31.3 Å². The molecule has 1 amide bonds. The molecule has 0 spiro atoms. The summed E-state index contributed by atoms with van der Waals surface area (Å²) >= 11 is 0. The van der Waals surface area contributed by atoms with E-state index in [9.17, 15) is 19.8 Å². The second-order valence-electron chi connectivity index (χ2n) is 16.5. The fraction of sp³-hybridized carbons (Fsp3) is 0.643. The van der Waals surface area contributed by atoms with Crippen LogP contribution in [0.1, 0.15) is 207 Å². The van der Waals surface area contributed by atoms with Crippen molar-refractivity contribution in [3.63, 3.8) is 0 Å². The van der Waals surface area contributed by atoms with Crippen molar-refractivity contribution in [2.75, 3.05) is 6.61 Å². The second-order valence-corrected chi connectivity index (χ2v) is 16.5. The van der Waals surface area contributed by atoms with Crippen molar-refractivity contribution < 1.29 is 24.5 Å². The third-order valence-electron chi connectivity index (χ3n) is 10.7. The Hall–Kier alpha value is -3.48. The zero-order valence-corrected chi connectivity index (χ0v) is 40.0. The summed E-state index contributed by atoms with van der Waals surface area (Å²) in [6.07, 6.45) is 65.9. The average molecular weight is 860 g/mol. The zero-order chi connectivity index (χ0) is 45.2. The Labute approximate surface area is 381 Å². The first-order chi connectivity index (χ1) is 30.5. The number of nitrogens with one attached hydrogen (secondary N) is 1. The highest BCUT2D eigenvalue weighted by molar-refractivity contribution is 5.77. The molecule has 0 aromatic carbocycles. The number of ether oxygens (including phenoxy) is 1. The van der Waals surface area contributed by atoms with Crippen LogP contribution in [0.25, 0.3) is 0 Å². The predicted molar refractivity (Wildman–Crippen MR) is 268 cm³/mol. The highest BCUT2D eigenvalue weighted by Crippen LogP contribution is 2.16. The number of amides is 1. The average Bonchev–Trinajstić information content (AvgIpc) is 3.26. The Morgan fingerprint density at radius 1 is 0.500 bits per heavy atom. The molecule has 3 atom stereocenters. The van der Waals surface area contributed by atoms with Gasteiger partial charge < -0.3 is 20.3 Å². The first kappa shape index (κ1) is 58.5. The Morgan fingerprint density at radius 3 is 1.47 bits per heavy atom. The van der Waals surface area contributed by atoms with E-state index in [1.807, 2.05) is 36.5 Å². The molecule has 0 aromatic rings. The van der Waals surface area contributed by atoms with Crippen molar-refractivity contribution in [3.8, 4) is 0 Å². The van der Waals surface area contributed by atoms with E-state index in [0.717, 1.165) is 77.0 Å². The van der Waals surface area contributed by atoms with Crippen LogP contribution in [-0.2, 0) is 14.3 Å². The number of carbonyl (C=O) groups is 2. The smallest absolute Gasteiger partial charge is 0.306 e. The van der Waals surface area contributed by atoms with Gasteiger partial charge in [-0.1, -0.05) is 226 Å². The number of rotatable bonds is 43. The molecular formula is C56H93NO5. The summed E-state index contributed by atoms with van der Waals surface area (Å²) in [6, 6.07) is -0.741. The molecule has 3 unspecified atom stereocenters. The molecular weight excluding hydrogens is 767 g/mol. The molecule has 3 N–H and O–H groups in total. The maximum atomic E-state index is 13.2. The normalized spacial score (nSPS) is 14.2. The maximum absolute atomic E-state index is 13.2. The Morgan fingerprint density at radius 2 is 0.952 bits per heavy atom. The number of carbonyl (C=O) groups excluding carboxylic acids is 2. The van der Waals surface area contributed by atoms with Gasteiger partial charge in [0.25, 0.3) is 0 Å². The van der Waals surface area contributed by atoms with Crippen LogP contribution in [0.5, 0.6) is 0 Å². The van der Waals surface area contributed by atoms with Crippen LogP contribution >= 0.6 is 0 Å². The summed E-state index contributed by atoms with van der Waals surface area (Å²) in [4.78, 5) is 26.1. The molecule has 0 aliphatic rings. The minimum atomic E-state index is -0.821. The summed E-state index contributed by atoms with van der Waals surface area (Å²) < 4.78 is 5.85. The van der Waals surface area contributed by atoms with Gasteiger partial charge in [0.1, 0.15) is 6.10 Å². The first-order valence-electron chi connectivity index (χ1n) is 25.2. The summed E-state index contributed by atoms with van der Waals surface area (Å²) in [5.74, 6) is -0.622. The van der Waals surface area contributed by atoms with Crippen molar-refractivity contribution in [1.82, 2.24) is 5.32 Å². The second kappa shape index (κ2) is 48.6. The minimum absolute atomic E-state index is 0.00236. The van der Waals surface area contributed by atoms with Crippen LogP contribution in [0.15, 0.2) is 109 Å². The van der Waals surface area contributed by atoms with Crippen LogP contribution < -0.4 is 5.32 Å². The van der Waals surface area contributed by atoms with Crippen LogP contribution in [0.4, 0.5) is 0 Å². The van der Waals surface area contributed by atoms with Gasteiger partial charge in [0, 0.05) is 6.42 Å². The van der Waals surface area contributed by atoms with Gasteiger partial charge in [-0.2, -0.15) is 0 Å². The van der Waals surface area contributed by atoms with Crippen molar-refractivity contribution in [3.05, 3.63) is 109 Å². The third kappa shape index (κ3) is 43.2. The molecule has 0 aliphatic heterocycles. The van der Waals surface area contributed by atoms with Crippen molar-refractivity contribution in [1.29, 1.82) is 0 Å². The van der Waals surface area contributed by atoms with E-state index in [1.165, 1.54) is 77.0 Å². The number of unbranched alkanes of at least 4 members (excludes halogenated alkanes) is 16. The van der Waals surface area contributed by atoms with Gasteiger partial charge in [-0.05, 0) is 77.0 Å². The third-order valence-corrected chi connectivity index (χ3v) is 10.7. The molecule has 0 bridgehead atoms. The lowest BCUT2D eigenvalue weighted by atomic mass is 10.0. The van der Waals surface area contributed by atoms with Gasteiger partial charge in [-0.25, -0.2) is 0 Å². The molecule has 352 valence electrons. The number of hydrogen-bond acceptors (Lipinski definition) is 5. The molecule has 0 saturated heterocycles. The molecule has 0 aromatic heterocycles. The highest BCUT2D eigenvalue weighted by atomic mass is 16.5. The number of aliphatic hydroxyl groups is 2. The molecule has 0 radical (unpaired) electrons. The van der Waals surface area contributed by atoms with Gasteiger partial charge in [-0.3, -0.25) is 9.59 Å². The van der Waals surface area contributed by atoms with Crippen molar-refractivity contribution in [2.24, 2.45) is 0 Å². The fourth-order valence-corrected chi connectivity index (χ4v) is 6.95. The number of esters is 1. The topological polar surface area (TPSA) is 95.9 Å². The van der Waals surface area contributed by atoms with Gasteiger partial charge in [0.2, 0.25) is 5.91 Å². The van der Waals surface area contributed by atoms with E-state index < -0.39 is 18.2 Å². The molecule has 0 saturated carbocycles. The molecule has 62 heavy (non-hydrogen) atoms. The van der Waals surface area contributed by atoms with E-state index in [4.69, 9.17) is 4.74 Å². The maximum Gasteiger partial charge on any atom is 0.306 e. The SMILES string of the molecule is CC/C=C\C/C=C\C/C=C\C/C=C\C/C=C\CCCC(=O)OC(CCC\C=C/C=C\C=C\C=C\CC)CC(=O)NC(CO)C(O)CCCCCCCCCCCCCCCCC. The molecule has 0 rings (SSSR count). The van der Waals surface area contributed by atoms with E-state index in [2.05, 4.69) is 99.0 Å². The summed E-state index contributed by atoms with van der Waals surface area (Å²) in [6.45, 7) is 6.18. The predicted octanol–water partition coefficient (Wildman–Crippen LogP) is 15.1. The van der Waals surface area contributed by atoms with Crippen LogP contribution in [0.2, 0.25) is 0 Å². The standard InChI is InChI=1S/C56H93NO5/c1-4-7-10-13-16-19-22-24-26-27-29-31-34-37-40-43-46-49-56(61)62-52(47-44-41-38-35-32-21-18-15-12-9-6-3)50-55(60)57-53(51-58)54(59)48-45-42-39-36-33-30-28-25-23-20-17-14-11-8-5-2/h7,9-10,12,15-16,18-19,21,24,26,29,31-32,35,37-38,40,52-54,58-59H,4-6,8,11,13-14,17,20,22-23,25,27-28,30,33-34,36,39,41-51H2,1-3H3,(H,57,60)/b10-7-,12-9+,18-15+,19-16-,26-24-,31-29-,32-21-,38-35-,40-37-. The molecule has 6 nitrogen and oxygen atoms in total. The summed E-state index contributed by atoms with van der Waals surface area (Å²) in [7, 11) is 0. The Bertz CT molecular complexity index is 1280. The van der Waals surface area contributed by atoms with E-state index in [0.29, 0.717) is 19.3 Å². The lowest BCUT2D eigenvalue weighted by Gasteiger charge is -2.24. The van der Waals surface area contributed by atoms with Crippen LogP contribution in [0, 0.1) is 0 Å². The monoisotopic (exact) mass is 860 g/mol. The summed E-state index contributed by atoms with van der Waals surface area (Å²) in [5, 5.41) is 23.7. The summed E-state index contributed by atoms with van der Waals surface area (Å²) in [5.41, 5.74) is 0. The Balaban J connectivity index is 4.70. The van der Waals surface area contributed by atoms with Crippen molar-refractivity contribution in [2.45, 2.75) is 225 Å². The fourth-order valence-electron chi connectivity index (χ4n) is 6.95. The van der Waals surface area contributed by atoms with Gasteiger partial charge in [0.05, 0.1) is 25.2 Å². The highest BCUT2D eigenvalue weighted by Gasteiger charge is 2.24. The quantitative estimate of drug-likeness (QED) is 0.0246. The Kier molecular flexibility index (Phi) is 45.8. The number of allylic oxidation sites excluding steroid dienone is 18. The van der Waals surface area contributed by atoms with Gasteiger partial charge >= 0.3 is 5.97 Å². The van der Waals surface area contributed by atoms with Gasteiger partial charge in [-0.15, -0.1) is 0 Å². The van der Waals surface area contributed by atoms with Gasteiger partial charge in [0.15, 0.2) is 0 Å². The van der Waals surface area contributed by atoms with Crippen LogP contribution in [0.3, 0.4) is 0 Å². The number of aliphatic hydroxyl groups excluding tert-OH is 2. The molecule has 0 heterocycles.